The maximum atomic E-state index is 10.8. The average molecular weight is 291 g/mol. The molecular weight excluding hydrogens is 270 g/mol. The van der Waals surface area contributed by atoms with Gasteiger partial charge in [-0.25, -0.2) is 0 Å². The number of carboxylic acid groups (broad SMARTS) is 1. The van der Waals surface area contributed by atoms with Crippen LogP contribution in [-0.2, 0) is 4.79 Å². The number of rotatable bonds is 8. The standard InChI is InChI=1S/C16H21NO4/c1-2-3-6-20-13-4-5-14-11(7-13)8-15(21-14)12(10-17)9-16(18)19/h4-5,7-8,12H,2-3,6,9-10,17H2,1H3,(H,18,19). The van der Waals surface area contributed by atoms with Crippen LogP contribution in [0.15, 0.2) is 28.7 Å². The quantitative estimate of drug-likeness (QED) is 0.730. The Labute approximate surface area is 123 Å². The van der Waals surface area contributed by atoms with Gasteiger partial charge in [0.25, 0.3) is 0 Å². The number of carboxylic acids is 1. The van der Waals surface area contributed by atoms with E-state index < -0.39 is 5.97 Å². The van der Waals surface area contributed by atoms with Crippen LogP contribution in [0.3, 0.4) is 0 Å². The number of fused-ring (bicyclic) bond motifs is 1. The minimum absolute atomic E-state index is 0.0316. The van der Waals surface area contributed by atoms with Crippen LogP contribution in [0.4, 0.5) is 0 Å². The van der Waals surface area contributed by atoms with Gasteiger partial charge in [-0.15, -0.1) is 0 Å². The monoisotopic (exact) mass is 291 g/mol. The Morgan fingerprint density at radius 1 is 1.43 bits per heavy atom. The van der Waals surface area contributed by atoms with Gasteiger partial charge in [0.1, 0.15) is 17.1 Å². The SMILES string of the molecule is CCCCOc1ccc2oc(C(CN)CC(=O)O)cc2c1. The number of ether oxygens (including phenoxy) is 1. The Bertz CT molecular complexity index is 605. The molecule has 2 aromatic rings. The molecular formula is C16H21NO4. The molecule has 0 radical (unpaired) electrons. The predicted molar refractivity (Wildman–Crippen MR) is 80.7 cm³/mol. The van der Waals surface area contributed by atoms with Gasteiger partial charge in [-0.1, -0.05) is 13.3 Å². The zero-order valence-electron chi connectivity index (χ0n) is 12.2. The minimum Gasteiger partial charge on any atom is -0.494 e. The molecule has 0 spiro atoms. The Hall–Kier alpha value is -2.01. The first-order chi connectivity index (χ1) is 10.1. The first-order valence-corrected chi connectivity index (χ1v) is 7.22. The first kappa shape index (κ1) is 15.4. The van der Waals surface area contributed by atoms with Crippen molar-refractivity contribution in [2.24, 2.45) is 5.73 Å². The molecule has 1 atom stereocenters. The number of furan rings is 1. The van der Waals surface area contributed by atoms with Gasteiger partial charge < -0.3 is 20.0 Å². The number of aliphatic carboxylic acids is 1. The van der Waals surface area contributed by atoms with E-state index in [-0.39, 0.29) is 18.9 Å². The van der Waals surface area contributed by atoms with Crippen LogP contribution in [0.25, 0.3) is 11.0 Å². The van der Waals surface area contributed by atoms with Crippen LogP contribution >= 0.6 is 0 Å². The van der Waals surface area contributed by atoms with Gasteiger partial charge in [0.2, 0.25) is 0 Å². The van der Waals surface area contributed by atoms with Crippen molar-refractivity contribution in [2.45, 2.75) is 32.1 Å². The van der Waals surface area contributed by atoms with Crippen molar-refractivity contribution in [3.8, 4) is 5.75 Å². The van der Waals surface area contributed by atoms with Crippen LogP contribution in [-0.4, -0.2) is 24.2 Å². The fraction of sp³-hybridized carbons (Fsp3) is 0.438. The lowest BCUT2D eigenvalue weighted by Gasteiger charge is -2.07. The summed E-state index contributed by atoms with van der Waals surface area (Å²) in [5, 5.41) is 9.80. The Morgan fingerprint density at radius 3 is 2.90 bits per heavy atom. The van der Waals surface area contributed by atoms with Crippen molar-refractivity contribution < 1.29 is 19.1 Å². The van der Waals surface area contributed by atoms with Gasteiger partial charge in [0.15, 0.2) is 0 Å². The van der Waals surface area contributed by atoms with Crippen LogP contribution in [0.5, 0.6) is 5.75 Å². The highest BCUT2D eigenvalue weighted by Crippen LogP contribution is 2.29. The van der Waals surface area contributed by atoms with E-state index >= 15 is 0 Å². The first-order valence-electron chi connectivity index (χ1n) is 7.22. The highest BCUT2D eigenvalue weighted by Gasteiger charge is 2.18. The Balaban J connectivity index is 2.18. The molecule has 5 nitrogen and oxygen atoms in total. The van der Waals surface area contributed by atoms with Crippen molar-refractivity contribution in [3.63, 3.8) is 0 Å². The predicted octanol–water partition coefficient (Wildman–Crippen LogP) is 3.13. The van der Waals surface area contributed by atoms with Gasteiger partial charge in [0.05, 0.1) is 13.0 Å². The zero-order valence-corrected chi connectivity index (χ0v) is 12.2. The minimum atomic E-state index is -0.880. The van der Waals surface area contributed by atoms with E-state index in [4.69, 9.17) is 20.0 Å². The molecule has 1 heterocycles. The van der Waals surface area contributed by atoms with Gasteiger partial charge in [-0.2, -0.15) is 0 Å². The van der Waals surface area contributed by atoms with Crippen molar-refractivity contribution >= 4 is 16.9 Å². The molecule has 21 heavy (non-hydrogen) atoms. The summed E-state index contributed by atoms with van der Waals surface area (Å²) < 4.78 is 11.4. The lowest BCUT2D eigenvalue weighted by atomic mass is 10.0. The number of nitrogens with two attached hydrogens (primary N) is 1. The molecule has 1 aromatic carbocycles. The van der Waals surface area contributed by atoms with Crippen molar-refractivity contribution in [2.75, 3.05) is 13.2 Å². The molecule has 0 saturated heterocycles. The van der Waals surface area contributed by atoms with Gasteiger partial charge in [0, 0.05) is 17.8 Å². The molecule has 0 aliphatic carbocycles. The van der Waals surface area contributed by atoms with Crippen LogP contribution < -0.4 is 10.5 Å². The third-order valence-corrected chi connectivity index (χ3v) is 3.38. The van der Waals surface area contributed by atoms with E-state index in [1.165, 1.54) is 0 Å². The Kier molecular flexibility index (Phi) is 5.22. The average Bonchev–Trinajstić information content (AvgIpc) is 2.87. The summed E-state index contributed by atoms with van der Waals surface area (Å²) >= 11 is 0. The molecule has 1 aromatic heterocycles. The van der Waals surface area contributed by atoms with Crippen molar-refractivity contribution in [3.05, 3.63) is 30.0 Å². The van der Waals surface area contributed by atoms with Crippen molar-refractivity contribution in [1.82, 2.24) is 0 Å². The fourth-order valence-electron chi connectivity index (χ4n) is 2.18. The zero-order chi connectivity index (χ0) is 15.2. The summed E-state index contributed by atoms with van der Waals surface area (Å²) in [6, 6.07) is 7.46. The van der Waals surface area contributed by atoms with Gasteiger partial charge >= 0.3 is 5.97 Å². The third-order valence-electron chi connectivity index (χ3n) is 3.38. The lowest BCUT2D eigenvalue weighted by molar-refractivity contribution is -0.137. The number of benzene rings is 1. The summed E-state index contributed by atoms with van der Waals surface area (Å²) in [6.07, 6.45) is 2.07. The van der Waals surface area contributed by atoms with Crippen LogP contribution in [0.2, 0.25) is 0 Å². The number of carbonyl (C=O) groups is 1. The highest BCUT2D eigenvalue weighted by atomic mass is 16.5. The molecule has 5 heteroatoms. The molecule has 2 rings (SSSR count). The van der Waals surface area contributed by atoms with E-state index in [1.807, 2.05) is 24.3 Å². The van der Waals surface area contributed by atoms with E-state index in [2.05, 4.69) is 6.92 Å². The lowest BCUT2D eigenvalue weighted by Crippen LogP contribution is -2.15. The second kappa shape index (κ2) is 7.13. The van der Waals surface area contributed by atoms with Gasteiger partial charge in [-0.3, -0.25) is 4.79 Å². The van der Waals surface area contributed by atoms with Crippen LogP contribution in [0.1, 0.15) is 37.9 Å². The maximum Gasteiger partial charge on any atom is 0.304 e. The highest BCUT2D eigenvalue weighted by molar-refractivity contribution is 5.80. The summed E-state index contributed by atoms with van der Waals surface area (Å²) in [5.41, 5.74) is 6.36. The van der Waals surface area contributed by atoms with Crippen LogP contribution in [0, 0.1) is 0 Å². The number of unbranched alkanes of at least 4 members (excludes halogenated alkanes) is 1. The number of hydrogen-bond donors (Lipinski definition) is 2. The second-order valence-corrected chi connectivity index (χ2v) is 5.08. The van der Waals surface area contributed by atoms with E-state index in [0.29, 0.717) is 12.4 Å². The molecule has 0 fully saturated rings. The fourth-order valence-corrected chi connectivity index (χ4v) is 2.18. The largest absolute Gasteiger partial charge is 0.494 e. The maximum absolute atomic E-state index is 10.8. The van der Waals surface area contributed by atoms with E-state index in [9.17, 15) is 4.79 Å². The molecule has 1 unspecified atom stereocenters. The molecule has 0 aliphatic heterocycles. The molecule has 0 saturated carbocycles. The van der Waals surface area contributed by atoms with E-state index in [1.54, 1.807) is 0 Å². The molecule has 0 amide bonds. The number of hydrogen-bond acceptors (Lipinski definition) is 4. The topological polar surface area (TPSA) is 85.7 Å². The normalized spacial score (nSPS) is 12.5. The molecule has 114 valence electrons. The molecule has 0 aliphatic rings. The Morgan fingerprint density at radius 2 is 2.24 bits per heavy atom. The summed E-state index contributed by atoms with van der Waals surface area (Å²) in [4.78, 5) is 10.8. The summed E-state index contributed by atoms with van der Waals surface area (Å²) in [5.74, 6) is 0.222. The third kappa shape index (κ3) is 3.98. The molecule has 3 N–H and O–H groups in total. The summed E-state index contributed by atoms with van der Waals surface area (Å²) in [6.45, 7) is 3.05. The summed E-state index contributed by atoms with van der Waals surface area (Å²) in [7, 11) is 0. The smallest absolute Gasteiger partial charge is 0.304 e. The molecule has 0 bridgehead atoms. The van der Waals surface area contributed by atoms with Crippen molar-refractivity contribution in [1.29, 1.82) is 0 Å². The van der Waals surface area contributed by atoms with Gasteiger partial charge in [-0.05, 0) is 30.7 Å². The second-order valence-electron chi connectivity index (χ2n) is 5.08. The van der Waals surface area contributed by atoms with E-state index in [0.717, 1.165) is 29.6 Å².